The predicted molar refractivity (Wildman–Crippen MR) is 149 cm³/mol. The van der Waals surface area contributed by atoms with Crippen molar-refractivity contribution in [1.82, 2.24) is 9.97 Å². The van der Waals surface area contributed by atoms with Gasteiger partial charge in [0.15, 0.2) is 0 Å². The zero-order valence-electron chi connectivity index (χ0n) is 20.4. The summed E-state index contributed by atoms with van der Waals surface area (Å²) in [7, 11) is 0. The van der Waals surface area contributed by atoms with Gasteiger partial charge in [0.05, 0.1) is 11.1 Å². The maximum atomic E-state index is 10.1. The van der Waals surface area contributed by atoms with Gasteiger partial charge in [-0.25, -0.2) is 9.78 Å². The van der Waals surface area contributed by atoms with Gasteiger partial charge in [-0.05, 0) is 52.2 Å². The molecule has 3 heterocycles. The number of furan rings is 1. The minimum atomic E-state index is -0.990. The molecular formula is C33H19IrN2O3-. The van der Waals surface area contributed by atoms with Crippen LogP contribution in [0.1, 0.15) is 10.5 Å². The first-order valence-electron chi connectivity index (χ1n) is 12.2. The average molecular weight is 684 g/mol. The van der Waals surface area contributed by atoms with E-state index in [-0.39, 0.29) is 25.8 Å². The number of pyridine rings is 2. The van der Waals surface area contributed by atoms with Crippen molar-refractivity contribution in [2.45, 2.75) is 0 Å². The molecule has 0 unspecified atom stereocenters. The number of aromatic nitrogens is 2. The zero-order chi connectivity index (χ0) is 25.6. The molecule has 4 aromatic carbocycles. The van der Waals surface area contributed by atoms with E-state index in [9.17, 15) is 4.79 Å². The van der Waals surface area contributed by atoms with E-state index in [2.05, 4.69) is 71.7 Å². The SMILES string of the molecule is O=C(O)c1ccccn1.[Ir].[c-]1ccc2c(oc3ccccc32)c1-c1cc2c3c(cccc3n1)-c1ccccc1-2. The molecule has 0 bridgehead atoms. The number of nitrogens with zero attached hydrogens (tertiary/aromatic N) is 2. The summed E-state index contributed by atoms with van der Waals surface area (Å²) in [6, 6.07) is 37.5. The Labute approximate surface area is 237 Å². The second-order valence-corrected chi connectivity index (χ2v) is 9.01. The first-order chi connectivity index (χ1) is 18.7. The number of fused-ring (bicyclic) bond motifs is 6. The molecule has 0 amide bonds. The van der Waals surface area contributed by atoms with Crippen LogP contribution < -0.4 is 0 Å². The second kappa shape index (κ2) is 9.91. The molecule has 1 aliphatic carbocycles. The number of rotatable bonds is 2. The third-order valence-electron chi connectivity index (χ3n) is 6.82. The smallest absolute Gasteiger partial charge is 0.354 e. The van der Waals surface area contributed by atoms with Crippen LogP contribution in [-0.4, -0.2) is 21.0 Å². The Morgan fingerprint density at radius 2 is 1.51 bits per heavy atom. The number of aromatic carboxylic acids is 1. The van der Waals surface area contributed by atoms with Crippen LogP contribution in [0.3, 0.4) is 0 Å². The molecule has 7 aromatic rings. The predicted octanol–water partition coefficient (Wildman–Crippen LogP) is 8.03. The summed E-state index contributed by atoms with van der Waals surface area (Å²) >= 11 is 0. The van der Waals surface area contributed by atoms with Gasteiger partial charge in [0, 0.05) is 37.1 Å². The van der Waals surface area contributed by atoms with Gasteiger partial charge in [0.2, 0.25) is 0 Å². The van der Waals surface area contributed by atoms with Crippen LogP contribution >= 0.6 is 0 Å². The van der Waals surface area contributed by atoms with Crippen molar-refractivity contribution in [2.24, 2.45) is 0 Å². The number of carboxylic acid groups (broad SMARTS) is 1. The maximum Gasteiger partial charge on any atom is 0.354 e. The molecule has 0 atom stereocenters. The van der Waals surface area contributed by atoms with E-state index < -0.39 is 5.97 Å². The quantitative estimate of drug-likeness (QED) is 0.187. The molecule has 1 N–H and O–H groups in total. The van der Waals surface area contributed by atoms with Gasteiger partial charge in [0.25, 0.3) is 0 Å². The first-order valence-corrected chi connectivity index (χ1v) is 12.2. The molecule has 1 aliphatic rings. The van der Waals surface area contributed by atoms with E-state index in [4.69, 9.17) is 14.5 Å². The fraction of sp³-hybridized carbons (Fsp3) is 0. The summed E-state index contributed by atoms with van der Waals surface area (Å²) in [5.41, 5.74) is 9.66. The number of hydrogen-bond donors (Lipinski definition) is 1. The van der Waals surface area contributed by atoms with E-state index in [1.165, 1.54) is 39.9 Å². The Kier molecular flexibility index (Phi) is 6.27. The van der Waals surface area contributed by atoms with Crippen LogP contribution in [0.25, 0.3) is 66.4 Å². The van der Waals surface area contributed by atoms with Crippen LogP contribution in [0.15, 0.2) is 114 Å². The zero-order valence-corrected chi connectivity index (χ0v) is 22.8. The topological polar surface area (TPSA) is 76.2 Å². The van der Waals surface area contributed by atoms with Crippen LogP contribution in [-0.2, 0) is 20.1 Å². The summed E-state index contributed by atoms with van der Waals surface area (Å²) in [4.78, 5) is 18.7. The van der Waals surface area contributed by atoms with Crippen LogP contribution in [0.2, 0.25) is 0 Å². The number of hydrogen-bond acceptors (Lipinski definition) is 4. The van der Waals surface area contributed by atoms with Crippen molar-refractivity contribution >= 4 is 38.8 Å². The van der Waals surface area contributed by atoms with Crippen molar-refractivity contribution < 1.29 is 34.4 Å². The molecule has 6 heteroatoms. The fourth-order valence-electron chi connectivity index (χ4n) is 5.18. The van der Waals surface area contributed by atoms with Gasteiger partial charge in [-0.2, -0.15) is 0 Å². The Morgan fingerprint density at radius 1 is 0.769 bits per heavy atom. The molecule has 0 aliphatic heterocycles. The Balaban J connectivity index is 0.000000239. The summed E-state index contributed by atoms with van der Waals surface area (Å²) in [6.45, 7) is 0. The largest absolute Gasteiger partial charge is 0.501 e. The maximum absolute atomic E-state index is 10.1. The molecule has 0 saturated heterocycles. The van der Waals surface area contributed by atoms with Crippen molar-refractivity contribution in [3.05, 3.63) is 121 Å². The molecule has 39 heavy (non-hydrogen) atoms. The van der Waals surface area contributed by atoms with Gasteiger partial charge in [-0.15, -0.1) is 18.2 Å². The minimum absolute atomic E-state index is 0. The minimum Gasteiger partial charge on any atom is -0.501 e. The molecule has 5 nitrogen and oxygen atoms in total. The van der Waals surface area contributed by atoms with Crippen molar-refractivity contribution in [3.63, 3.8) is 0 Å². The second-order valence-electron chi connectivity index (χ2n) is 9.01. The number of carbonyl (C=O) groups is 1. The normalized spacial score (nSPS) is 11.1. The standard InChI is InChI=1S/C27H14NO.C6H5NO2.Ir/c1-2-8-17-16(7-1)19-10-6-13-23-26(19)22(17)15-24(28-23)21-12-5-11-20-18-9-3-4-14-25(18)29-27(20)21;8-6(9)5-3-1-2-4-7-5;/h1-11,13-15H;1-4H,(H,8,9);/q-1;;. The van der Waals surface area contributed by atoms with Crippen molar-refractivity contribution in [2.75, 3.05) is 0 Å². The average Bonchev–Trinajstić information content (AvgIpc) is 3.51. The van der Waals surface area contributed by atoms with E-state index >= 15 is 0 Å². The fourth-order valence-corrected chi connectivity index (χ4v) is 5.18. The van der Waals surface area contributed by atoms with Crippen LogP contribution in [0.4, 0.5) is 0 Å². The molecule has 0 fully saturated rings. The molecule has 189 valence electrons. The van der Waals surface area contributed by atoms with Crippen molar-refractivity contribution in [1.29, 1.82) is 0 Å². The molecule has 8 rings (SSSR count). The van der Waals surface area contributed by atoms with Gasteiger partial charge in [-0.1, -0.05) is 77.7 Å². The molecular weight excluding hydrogens is 665 g/mol. The third-order valence-corrected chi connectivity index (χ3v) is 6.82. The van der Waals surface area contributed by atoms with Crippen LogP contribution in [0.5, 0.6) is 0 Å². The summed E-state index contributed by atoms with van der Waals surface area (Å²) in [6.07, 6.45) is 1.45. The number of carboxylic acids is 1. The summed E-state index contributed by atoms with van der Waals surface area (Å²) < 4.78 is 6.23. The number of benzene rings is 4. The van der Waals surface area contributed by atoms with E-state index in [0.717, 1.165) is 38.7 Å². The van der Waals surface area contributed by atoms with Crippen LogP contribution in [0, 0.1) is 6.07 Å². The van der Waals surface area contributed by atoms with E-state index in [1.807, 2.05) is 24.3 Å². The Morgan fingerprint density at radius 3 is 2.28 bits per heavy atom. The Bertz CT molecular complexity index is 2020. The summed E-state index contributed by atoms with van der Waals surface area (Å²) in [5.74, 6) is -0.990. The van der Waals surface area contributed by atoms with E-state index in [1.54, 1.807) is 12.1 Å². The monoisotopic (exact) mass is 684 g/mol. The third kappa shape index (κ3) is 4.11. The van der Waals surface area contributed by atoms with Gasteiger partial charge in [-0.3, -0.25) is 4.98 Å². The van der Waals surface area contributed by atoms with Gasteiger partial charge in [0.1, 0.15) is 11.3 Å². The molecule has 1 radical (unpaired) electrons. The van der Waals surface area contributed by atoms with Gasteiger partial charge >= 0.3 is 5.97 Å². The summed E-state index contributed by atoms with van der Waals surface area (Å²) in [5, 5.41) is 11.8. The molecule has 0 spiro atoms. The number of para-hydroxylation sites is 1. The molecule has 0 saturated carbocycles. The Hall–Kier alpha value is -4.64. The van der Waals surface area contributed by atoms with E-state index in [0.29, 0.717) is 0 Å². The van der Waals surface area contributed by atoms with Crippen molar-refractivity contribution in [3.8, 4) is 33.5 Å². The van der Waals surface area contributed by atoms with Gasteiger partial charge < -0.3 is 9.52 Å². The first kappa shape index (κ1) is 24.7. The molecule has 3 aromatic heterocycles.